The minimum Gasteiger partial charge on any atom is -0.450 e. The maximum absolute atomic E-state index is 12.2. The highest BCUT2D eigenvalue weighted by molar-refractivity contribution is 5.88. The Bertz CT molecular complexity index is 858. The van der Waals surface area contributed by atoms with Gasteiger partial charge in [-0.2, -0.15) is 4.98 Å². The van der Waals surface area contributed by atoms with Crippen molar-refractivity contribution in [3.8, 4) is 0 Å². The molecule has 11 heteroatoms. The van der Waals surface area contributed by atoms with Crippen molar-refractivity contribution in [2.24, 2.45) is 0 Å². The number of carbonyl (C=O) groups is 3. The Kier molecular flexibility index (Phi) is 5.48. The van der Waals surface area contributed by atoms with Gasteiger partial charge in [0.1, 0.15) is 0 Å². The molecule has 11 nitrogen and oxygen atoms in total. The van der Waals surface area contributed by atoms with Crippen LogP contribution in [0.3, 0.4) is 0 Å². The zero-order chi connectivity index (χ0) is 19.4. The number of hydrogen-bond donors (Lipinski definition) is 0. The van der Waals surface area contributed by atoms with E-state index >= 15 is 0 Å². The number of piperazine rings is 1. The van der Waals surface area contributed by atoms with Crippen molar-refractivity contribution >= 4 is 23.7 Å². The van der Waals surface area contributed by atoms with Gasteiger partial charge in [0.05, 0.1) is 6.61 Å². The summed E-state index contributed by atoms with van der Waals surface area (Å²) in [6, 6.07) is 1.73. The molecule has 0 saturated carbocycles. The van der Waals surface area contributed by atoms with Crippen molar-refractivity contribution in [2.45, 2.75) is 13.8 Å². The number of aromatic nitrogens is 4. The summed E-state index contributed by atoms with van der Waals surface area (Å²) >= 11 is 0. The number of esters is 1. The molecule has 0 atom stereocenters. The van der Waals surface area contributed by atoms with Crippen LogP contribution in [0, 0.1) is 6.92 Å². The lowest BCUT2D eigenvalue weighted by Crippen LogP contribution is -2.51. The molecule has 0 N–H and O–H groups in total. The molecular weight excluding hydrogens is 356 g/mol. The third-order valence-electron chi connectivity index (χ3n) is 4.10. The molecule has 3 rings (SSSR count). The largest absolute Gasteiger partial charge is 0.450 e. The molecule has 0 unspecified atom stereocenters. The predicted molar refractivity (Wildman–Crippen MR) is 91.0 cm³/mol. The normalized spacial score (nSPS) is 14.3. The first kappa shape index (κ1) is 18.5. The van der Waals surface area contributed by atoms with Crippen LogP contribution in [-0.4, -0.2) is 86.7 Å². The molecule has 3 heterocycles. The van der Waals surface area contributed by atoms with Gasteiger partial charge >= 0.3 is 12.1 Å². The summed E-state index contributed by atoms with van der Waals surface area (Å²) < 4.78 is 11.4. The van der Waals surface area contributed by atoms with Crippen LogP contribution in [0.15, 0.2) is 12.3 Å². The van der Waals surface area contributed by atoms with E-state index in [0.29, 0.717) is 32.8 Å². The highest BCUT2D eigenvalue weighted by Gasteiger charge is 2.26. The van der Waals surface area contributed by atoms with Crippen molar-refractivity contribution in [3.05, 3.63) is 23.8 Å². The Balaban J connectivity index is 1.51. The quantitative estimate of drug-likeness (QED) is 0.678. The molecule has 1 aliphatic heterocycles. The molecule has 0 bridgehead atoms. The van der Waals surface area contributed by atoms with Crippen LogP contribution in [-0.2, 0) is 14.3 Å². The smallest absolute Gasteiger partial charge is 0.409 e. The zero-order valence-electron chi connectivity index (χ0n) is 15.1. The monoisotopic (exact) mass is 376 g/mol. The summed E-state index contributed by atoms with van der Waals surface area (Å²) in [7, 11) is 0. The maximum atomic E-state index is 12.2. The van der Waals surface area contributed by atoms with Crippen LogP contribution in [0.2, 0.25) is 0 Å². The molecule has 0 spiro atoms. The average molecular weight is 376 g/mol. The lowest BCUT2D eigenvalue weighted by molar-refractivity contribution is -0.136. The second kappa shape index (κ2) is 7.98. The van der Waals surface area contributed by atoms with Crippen molar-refractivity contribution < 1.29 is 23.9 Å². The first-order valence-corrected chi connectivity index (χ1v) is 8.54. The molecular formula is C16H20N6O5. The Morgan fingerprint density at radius 3 is 2.48 bits per heavy atom. The number of ether oxygens (including phenoxy) is 2. The Hall–Kier alpha value is -3.24. The Morgan fingerprint density at radius 1 is 1.11 bits per heavy atom. The van der Waals surface area contributed by atoms with Gasteiger partial charge in [-0.25, -0.2) is 19.1 Å². The van der Waals surface area contributed by atoms with Crippen molar-refractivity contribution in [2.75, 3.05) is 39.4 Å². The lowest BCUT2D eigenvalue weighted by atomic mass is 10.3. The summed E-state index contributed by atoms with van der Waals surface area (Å²) in [6.45, 7) is 4.88. The van der Waals surface area contributed by atoms with Crippen LogP contribution in [0.1, 0.15) is 23.2 Å². The molecule has 2 aromatic rings. The SMILES string of the molecule is CCOC(=O)N1CCN(C(=O)COC(=O)c2nc3nccc(C)n3n2)CC1. The highest BCUT2D eigenvalue weighted by atomic mass is 16.6. The molecule has 1 saturated heterocycles. The van der Waals surface area contributed by atoms with Gasteiger partial charge in [0.2, 0.25) is 0 Å². The van der Waals surface area contributed by atoms with Gasteiger partial charge in [-0.1, -0.05) is 0 Å². The fourth-order valence-electron chi connectivity index (χ4n) is 2.63. The van der Waals surface area contributed by atoms with Crippen LogP contribution >= 0.6 is 0 Å². The van der Waals surface area contributed by atoms with E-state index in [1.807, 2.05) is 0 Å². The van der Waals surface area contributed by atoms with E-state index in [1.54, 1.807) is 26.1 Å². The van der Waals surface area contributed by atoms with Crippen LogP contribution in [0.5, 0.6) is 0 Å². The van der Waals surface area contributed by atoms with E-state index in [2.05, 4.69) is 15.1 Å². The lowest BCUT2D eigenvalue weighted by Gasteiger charge is -2.33. The van der Waals surface area contributed by atoms with Crippen LogP contribution < -0.4 is 0 Å². The fourth-order valence-corrected chi connectivity index (χ4v) is 2.63. The Labute approximate surface area is 154 Å². The topological polar surface area (TPSA) is 119 Å². The third kappa shape index (κ3) is 4.13. The van der Waals surface area contributed by atoms with E-state index in [1.165, 1.54) is 14.3 Å². The number of carbonyl (C=O) groups excluding carboxylic acids is 3. The molecule has 27 heavy (non-hydrogen) atoms. The number of rotatable bonds is 4. The van der Waals surface area contributed by atoms with E-state index in [9.17, 15) is 14.4 Å². The molecule has 0 aliphatic carbocycles. The van der Waals surface area contributed by atoms with E-state index in [0.717, 1.165) is 5.69 Å². The molecule has 144 valence electrons. The zero-order valence-corrected chi connectivity index (χ0v) is 15.1. The van der Waals surface area contributed by atoms with Crippen LogP contribution in [0.25, 0.3) is 5.78 Å². The van der Waals surface area contributed by atoms with Gasteiger partial charge in [0.15, 0.2) is 6.61 Å². The van der Waals surface area contributed by atoms with E-state index < -0.39 is 18.7 Å². The van der Waals surface area contributed by atoms with Gasteiger partial charge < -0.3 is 19.3 Å². The standard InChI is InChI=1S/C16H20N6O5/c1-3-26-16(25)21-8-6-20(7-9-21)12(23)10-27-14(24)13-18-15-17-5-4-11(2)22(15)19-13/h4-5H,3,6-10H2,1-2H3. The van der Waals surface area contributed by atoms with Gasteiger partial charge in [-0.3, -0.25) is 4.79 Å². The number of amides is 2. The van der Waals surface area contributed by atoms with Crippen molar-refractivity contribution in [3.63, 3.8) is 0 Å². The van der Waals surface area contributed by atoms with Gasteiger partial charge in [-0.05, 0) is 19.9 Å². The second-order valence-corrected chi connectivity index (χ2v) is 5.88. The summed E-state index contributed by atoms with van der Waals surface area (Å²) in [5.41, 5.74) is 0.766. The summed E-state index contributed by atoms with van der Waals surface area (Å²) in [5.74, 6) is -1.01. The molecule has 1 fully saturated rings. The molecule has 2 aromatic heterocycles. The fraction of sp³-hybridized carbons (Fsp3) is 0.500. The van der Waals surface area contributed by atoms with Crippen molar-refractivity contribution in [1.82, 2.24) is 29.4 Å². The Morgan fingerprint density at radius 2 is 1.81 bits per heavy atom. The first-order valence-electron chi connectivity index (χ1n) is 8.54. The first-order chi connectivity index (χ1) is 13.0. The predicted octanol–water partition coefficient (Wildman–Crippen LogP) is -0.110. The number of hydrogen-bond acceptors (Lipinski definition) is 8. The number of aryl methyl sites for hydroxylation is 1. The van der Waals surface area contributed by atoms with E-state index in [4.69, 9.17) is 9.47 Å². The summed E-state index contributed by atoms with van der Waals surface area (Å²) in [4.78, 5) is 47.0. The molecule has 0 radical (unpaired) electrons. The average Bonchev–Trinajstić information content (AvgIpc) is 3.12. The van der Waals surface area contributed by atoms with E-state index in [-0.39, 0.29) is 17.5 Å². The van der Waals surface area contributed by atoms with Crippen LogP contribution in [0.4, 0.5) is 4.79 Å². The number of nitrogens with zero attached hydrogens (tertiary/aromatic N) is 6. The minimum atomic E-state index is -0.793. The van der Waals surface area contributed by atoms with Gasteiger partial charge in [0, 0.05) is 38.1 Å². The minimum absolute atomic E-state index is 0.156. The van der Waals surface area contributed by atoms with Gasteiger partial charge in [-0.15, -0.1) is 5.10 Å². The molecule has 1 aliphatic rings. The van der Waals surface area contributed by atoms with Gasteiger partial charge in [0.25, 0.3) is 17.5 Å². The highest BCUT2D eigenvalue weighted by Crippen LogP contribution is 2.06. The molecule has 0 aromatic carbocycles. The maximum Gasteiger partial charge on any atom is 0.409 e. The second-order valence-electron chi connectivity index (χ2n) is 5.88. The van der Waals surface area contributed by atoms with Crippen molar-refractivity contribution in [1.29, 1.82) is 0 Å². The third-order valence-corrected chi connectivity index (χ3v) is 4.10. The summed E-state index contributed by atoms with van der Waals surface area (Å²) in [5, 5.41) is 4.03. The summed E-state index contributed by atoms with van der Waals surface area (Å²) in [6.07, 6.45) is 1.17. The molecule has 2 amide bonds. The number of fused-ring (bicyclic) bond motifs is 1.